The zero-order valence-corrected chi connectivity index (χ0v) is 12.8. The Morgan fingerprint density at radius 1 is 1.29 bits per heavy atom. The van der Waals surface area contributed by atoms with E-state index in [0.717, 1.165) is 36.5 Å². The molecule has 0 spiro atoms. The van der Waals surface area contributed by atoms with E-state index in [2.05, 4.69) is 4.90 Å². The topological polar surface area (TPSA) is 60.9 Å². The van der Waals surface area contributed by atoms with Crippen molar-refractivity contribution in [2.24, 2.45) is 0 Å². The van der Waals surface area contributed by atoms with Gasteiger partial charge >= 0.3 is 5.97 Å². The third-order valence-electron chi connectivity index (χ3n) is 4.36. The van der Waals surface area contributed by atoms with Gasteiger partial charge in [-0.2, -0.15) is 0 Å². The second-order valence-electron chi connectivity index (χ2n) is 5.68. The van der Waals surface area contributed by atoms with Crippen LogP contribution in [-0.2, 0) is 16.0 Å². The quantitative estimate of drug-likeness (QED) is 0.920. The van der Waals surface area contributed by atoms with Crippen LogP contribution in [0.15, 0.2) is 11.4 Å². The number of carbonyl (C=O) groups is 2. The smallest absolute Gasteiger partial charge is 0.331 e. The third-order valence-corrected chi connectivity index (χ3v) is 5.36. The lowest BCUT2D eigenvalue weighted by molar-refractivity contribution is -0.151. The average molecular weight is 308 g/mol. The molecule has 1 fully saturated rings. The van der Waals surface area contributed by atoms with Crippen molar-refractivity contribution in [1.29, 1.82) is 0 Å². The largest absolute Gasteiger partial charge is 0.479 e. The van der Waals surface area contributed by atoms with Crippen molar-refractivity contribution in [3.63, 3.8) is 0 Å². The third kappa shape index (κ3) is 2.96. The normalized spacial score (nSPS) is 22.3. The van der Waals surface area contributed by atoms with E-state index in [-0.39, 0.29) is 5.91 Å². The van der Waals surface area contributed by atoms with Crippen molar-refractivity contribution in [3.05, 3.63) is 21.9 Å². The van der Waals surface area contributed by atoms with Crippen molar-refractivity contribution < 1.29 is 14.7 Å². The van der Waals surface area contributed by atoms with E-state index in [9.17, 15) is 14.7 Å². The van der Waals surface area contributed by atoms with Crippen LogP contribution in [0.25, 0.3) is 0 Å². The highest BCUT2D eigenvalue weighted by atomic mass is 32.1. The standard InChI is InChI=1S/C15H20N2O3S/c18-13(4-8-16-6-1-2-7-16)17-9-3-12-11(5-10-21-12)14(17)15(19)20/h5,10,14H,1-4,6-9H2,(H,19,20). The molecule has 2 aliphatic rings. The molecule has 1 N–H and O–H groups in total. The minimum atomic E-state index is -0.927. The molecule has 2 aliphatic heterocycles. The van der Waals surface area contributed by atoms with Crippen LogP contribution in [-0.4, -0.2) is 53.0 Å². The molecule has 0 saturated carbocycles. The summed E-state index contributed by atoms with van der Waals surface area (Å²) in [5.41, 5.74) is 0.799. The SMILES string of the molecule is O=C(O)C1c2ccsc2CCN1C(=O)CCN1CCCC1. The van der Waals surface area contributed by atoms with Gasteiger partial charge in [0.15, 0.2) is 6.04 Å². The summed E-state index contributed by atoms with van der Waals surface area (Å²) in [6, 6.07) is 1.05. The summed E-state index contributed by atoms with van der Waals surface area (Å²) in [7, 11) is 0. The van der Waals surface area contributed by atoms with Gasteiger partial charge in [0.2, 0.25) is 5.91 Å². The highest BCUT2D eigenvalue weighted by Crippen LogP contribution is 2.33. The Balaban J connectivity index is 1.68. The maximum Gasteiger partial charge on any atom is 0.331 e. The van der Waals surface area contributed by atoms with Gasteiger partial charge < -0.3 is 14.9 Å². The number of nitrogens with zero attached hydrogens (tertiary/aromatic N) is 2. The Morgan fingerprint density at radius 3 is 2.76 bits per heavy atom. The molecule has 6 heteroatoms. The summed E-state index contributed by atoms with van der Waals surface area (Å²) in [5, 5.41) is 11.4. The van der Waals surface area contributed by atoms with Crippen LogP contribution in [0.4, 0.5) is 0 Å². The van der Waals surface area contributed by atoms with Gasteiger partial charge in [-0.05, 0) is 49.4 Å². The Labute approximate surface area is 128 Å². The highest BCUT2D eigenvalue weighted by Gasteiger charge is 2.36. The van der Waals surface area contributed by atoms with E-state index < -0.39 is 12.0 Å². The zero-order chi connectivity index (χ0) is 14.8. The lowest BCUT2D eigenvalue weighted by atomic mass is 9.99. The number of amides is 1. The van der Waals surface area contributed by atoms with Crippen molar-refractivity contribution in [3.8, 4) is 0 Å². The summed E-state index contributed by atoms with van der Waals surface area (Å²) in [6.45, 7) is 3.39. The molecular weight excluding hydrogens is 288 g/mol. The molecule has 1 unspecified atom stereocenters. The summed E-state index contributed by atoms with van der Waals surface area (Å²) < 4.78 is 0. The lowest BCUT2D eigenvalue weighted by Gasteiger charge is -2.33. The van der Waals surface area contributed by atoms with Crippen molar-refractivity contribution >= 4 is 23.2 Å². The van der Waals surface area contributed by atoms with E-state index in [1.807, 2.05) is 11.4 Å². The number of aliphatic carboxylic acids is 1. The van der Waals surface area contributed by atoms with E-state index in [4.69, 9.17) is 0 Å². The summed E-state index contributed by atoms with van der Waals surface area (Å²) in [6.07, 6.45) is 3.59. The van der Waals surface area contributed by atoms with E-state index >= 15 is 0 Å². The first kappa shape index (κ1) is 14.5. The van der Waals surface area contributed by atoms with Crippen LogP contribution >= 0.6 is 11.3 Å². The molecule has 0 aromatic carbocycles. The van der Waals surface area contributed by atoms with E-state index in [0.29, 0.717) is 13.0 Å². The molecule has 0 bridgehead atoms. The highest BCUT2D eigenvalue weighted by molar-refractivity contribution is 7.10. The number of hydrogen-bond acceptors (Lipinski definition) is 4. The number of thiophene rings is 1. The minimum absolute atomic E-state index is 0.0360. The fourth-order valence-electron chi connectivity index (χ4n) is 3.25. The second-order valence-corrected chi connectivity index (χ2v) is 6.68. The van der Waals surface area contributed by atoms with Crippen LogP contribution < -0.4 is 0 Å². The first-order chi connectivity index (χ1) is 10.2. The molecule has 1 aromatic rings. The molecule has 21 heavy (non-hydrogen) atoms. The second kappa shape index (κ2) is 6.15. The van der Waals surface area contributed by atoms with Crippen molar-refractivity contribution in [2.75, 3.05) is 26.2 Å². The molecule has 1 amide bonds. The van der Waals surface area contributed by atoms with Crippen LogP contribution in [0.3, 0.4) is 0 Å². The van der Waals surface area contributed by atoms with Crippen LogP contribution in [0.2, 0.25) is 0 Å². The Bertz CT molecular complexity index is 537. The molecule has 1 saturated heterocycles. The van der Waals surface area contributed by atoms with Crippen molar-refractivity contribution in [2.45, 2.75) is 31.7 Å². The number of fused-ring (bicyclic) bond motifs is 1. The van der Waals surface area contributed by atoms with Crippen LogP contribution in [0.5, 0.6) is 0 Å². The molecule has 3 heterocycles. The fourth-order valence-corrected chi connectivity index (χ4v) is 4.16. The molecule has 5 nitrogen and oxygen atoms in total. The average Bonchev–Trinajstić information content (AvgIpc) is 3.14. The Morgan fingerprint density at radius 2 is 2.05 bits per heavy atom. The van der Waals surface area contributed by atoms with Crippen LogP contribution in [0, 0.1) is 0 Å². The van der Waals surface area contributed by atoms with Gasteiger partial charge in [-0.15, -0.1) is 11.3 Å². The molecule has 1 aromatic heterocycles. The van der Waals surface area contributed by atoms with E-state index in [1.54, 1.807) is 16.2 Å². The number of likely N-dealkylation sites (tertiary alicyclic amines) is 1. The van der Waals surface area contributed by atoms with E-state index in [1.165, 1.54) is 12.8 Å². The van der Waals surface area contributed by atoms with Gasteiger partial charge in [-0.25, -0.2) is 4.79 Å². The minimum Gasteiger partial charge on any atom is -0.479 e. The molecule has 1 atom stereocenters. The number of carbonyl (C=O) groups excluding carboxylic acids is 1. The maximum absolute atomic E-state index is 12.4. The molecule has 3 rings (SSSR count). The van der Waals surface area contributed by atoms with Gasteiger partial charge in [-0.3, -0.25) is 4.79 Å². The maximum atomic E-state index is 12.4. The van der Waals surface area contributed by atoms with Gasteiger partial charge in [0.05, 0.1) is 0 Å². The first-order valence-corrected chi connectivity index (χ1v) is 8.35. The van der Waals surface area contributed by atoms with Crippen LogP contribution in [0.1, 0.15) is 35.7 Å². The predicted octanol–water partition coefficient (Wildman–Crippen LogP) is 1.74. The summed E-state index contributed by atoms with van der Waals surface area (Å²) >= 11 is 1.58. The zero-order valence-electron chi connectivity index (χ0n) is 12.0. The van der Waals surface area contributed by atoms with Gasteiger partial charge in [0.25, 0.3) is 0 Å². The Kier molecular flexibility index (Phi) is 4.26. The molecule has 0 aliphatic carbocycles. The molecule has 114 valence electrons. The van der Waals surface area contributed by atoms with Gasteiger partial charge in [0.1, 0.15) is 0 Å². The van der Waals surface area contributed by atoms with Gasteiger partial charge in [-0.1, -0.05) is 0 Å². The lowest BCUT2D eigenvalue weighted by Crippen LogP contribution is -2.44. The number of carboxylic acid groups (broad SMARTS) is 1. The fraction of sp³-hybridized carbons (Fsp3) is 0.600. The Hall–Kier alpha value is -1.40. The first-order valence-electron chi connectivity index (χ1n) is 7.47. The van der Waals surface area contributed by atoms with Crippen molar-refractivity contribution in [1.82, 2.24) is 9.80 Å². The summed E-state index contributed by atoms with van der Waals surface area (Å²) in [5.74, 6) is -0.963. The number of hydrogen-bond donors (Lipinski definition) is 1. The molecule has 0 radical (unpaired) electrons. The molecular formula is C15H20N2O3S. The monoisotopic (exact) mass is 308 g/mol. The number of rotatable bonds is 4. The van der Waals surface area contributed by atoms with Gasteiger partial charge in [0, 0.05) is 24.4 Å². The summed E-state index contributed by atoms with van der Waals surface area (Å²) in [4.78, 5) is 29.0. The number of carboxylic acids is 1. The predicted molar refractivity (Wildman–Crippen MR) is 80.4 cm³/mol.